The Morgan fingerprint density at radius 1 is 0.894 bits per heavy atom. The summed E-state index contributed by atoms with van der Waals surface area (Å²) in [6.07, 6.45) is 8.55. The number of fused-ring (bicyclic) bond motifs is 1. The zero-order chi connectivity index (χ0) is 33.3. The highest BCUT2D eigenvalue weighted by Gasteiger charge is 2.32. The van der Waals surface area contributed by atoms with Gasteiger partial charge in [-0.3, -0.25) is 9.59 Å². The molecule has 1 saturated carbocycles. The second-order valence-corrected chi connectivity index (χ2v) is 12.4. The fraction of sp³-hybridized carbons (Fsp3) is 0.278. The van der Waals surface area contributed by atoms with Crippen molar-refractivity contribution in [3.63, 3.8) is 0 Å². The molecule has 0 bridgehead atoms. The van der Waals surface area contributed by atoms with Crippen LogP contribution in [0.25, 0.3) is 33.5 Å². The quantitative estimate of drug-likeness (QED) is 0.126. The van der Waals surface area contributed by atoms with E-state index in [1.54, 1.807) is 68.8 Å². The van der Waals surface area contributed by atoms with Crippen molar-refractivity contribution in [2.24, 2.45) is 0 Å². The van der Waals surface area contributed by atoms with Crippen LogP contribution in [0.2, 0.25) is 0 Å². The van der Waals surface area contributed by atoms with Crippen LogP contribution >= 0.6 is 0 Å². The minimum atomic E-state index is -1.32. The van der Waals surface area contributed by atoms with Gasteiger partial charge in [0.1, 0.15) is 17.8 Å². The van der Waals surface area contributed by atoms with Gasteiger partial charge < -0.3 is 34.2 Å². The maximum atomic E-state index is 13.7. The van der Waals surface area contributed by atoms with Crippen LogP contribution in [0.1, 0.15) is 78.3 Å². The molecule has 2 amide bonds. The van der Waals surface area contributed by atoms with Crippen molar-refractivity contribution in [1.29, 1.82) is 0 Å². The molecule has 1 aliphatic rings. The summed E-state index contributed by atoms with van der Waals surface area (Å²) in [6, 6.07) is 16.5. The summed E-state index contributed by atoms with van der Waals surface area (Å²) in [5.74, 6) is -2.65. The van der Waals surface area contributed by atoms with Crippen molar-refractivity contribution in [3.05, 3.63) is 90.1 Å². The number of amides is 2. The number of nitrogens with one attached hydrogen (secondary N) is 2. The van der Waals surface area contributed by atoms with E-state index in [1.165, 1.54) is 12.5 Å². The predicted molar refractivity (Wildman–Crippen MR) is 174 cm³/mol. The van der Waals surface area contributed by atoms with E-state index < -0.39 is 29.3 Å². The molecule has 3 aromatic heterocycles. The first kappa shape index (κ1) is 31.4. The lowest BCUT2D eigenvalue weighted by Gasteiger charge is -2.26. The molecule has 0 aliphatic heterocycles. The van der Waals surface area contributed by atoms with Crippen LogP contribution in [-0.4, -0.2) is 44.1 Å². The van der Waals surface area contributed by atoms with Crippen molar-refractivity contribution in [3.8, 4) is 22.6 Å². The Kier molecular flexibility index (Phi) is 8.46. The van der Waals surface area contributed by atoms with E-state index in [2.05, 4.69) is 10.6 Å². The normalized spacial score (nSPS) is 13.8. The first-order valence-corrected chi connectivity index (χ1v) is 15.5. The number of carbonyl (C=O) groups is 4. The monoisotopic (exact) mass is 637 g/mol. The van der Waals surface area contributed by atoms with Crippen LogP contribution in [0, 0.1) is 0 Å². The average molecular weight is 638 g/mol. The van der Waals surface area contributed by atoms with Gasteiger partial charge in [0.15, 0.2) is 0 Å². The largest absolute Gasteiger partial charge is 0.478 e. The van der Waals surface area contributed by atoms with E-state index in [9.17, 15) is 24.3 Å². The smallest absolute Gasteiger partial charge is 0.371 e. The Morgan fingerprint density at radius 2 is 1.64 bits per heavy atom. The van der Waals surface area contributed by atoms with Crippen molar-refractivity contribution < 1.29 is 38.2 Å². The van der Waals surface area contributed by atoms with E-state index in [-0.39, 0.29) is 23.8 Å². The van der Waals surface area contributed by atoms with Gasteiger partial charge in [-0.25, -0.2) is 9.59 Å². The number of aromatic nitrogens is 1. The number of benzene rings is 2. The lowest BCUT2D eigenvalue weighted by molar-refractivity contribution is -0.129. The SMILES string of the molecule is CC(C)(NC(=O)Cn1c(-c2ccoc2)c(C2CCCCC2)c2ccc(C(=O)O)cc21)C(=O)Nc1ccc(-c2ccc(C(=O)O)o2)cc1. The Morgan fingerprint density at radius 3 is 2.28 bits per heavy atom. The van der Waals surface area contributed by atoms with Crippen LogP contribution in [0.5, 0.6) is 0 Å². The third-order valence-electron chi connectivity index (χ3n) is 8.72. The summed E-state index contributed by atoms with van der Waals surface area (Å²) < 4.78 is 12.6. The molecule has 6 rings (SSSR count). The topological polar surface area (TPSA) is 164 Å². The van der Waals surface area contributed by atoms with Gasteiger partial charge in [-0.1, -0.05) is 25.3 Å². The van der Waals surface area contributed by atoms with Crippen molar-refractivity contribution in [2.75, 3.05) is 5.32 Å². The number of hydrogen-bond donors (Lipinski definition) is 4. The summed E-state index contributed by atoms with van der Waals surface area (Å²) >= 11 is 0. The molecule has 3 heterocycles. The Hall–Kier alpha value is -5.58. The third kappa shape index (κ3) is 6.42. The van der Waals surface area contributed by atoms with Gasteiger partial charge in [-0.05, 0) is 92.8 Å². The van der Waals surface area contributed by atoms with Crippen LogP contribution in [0.4, 0.5) is 5.69 Å². The minimum Gasteiger partial charge on any atom is -0.478 e. The molecule has 5 aromatic rings. The summed E-state index contributed by atoms with van der Waals surface area (Å²) in [7, 11) is 0. The van der Waals surface area contributed by atoms with E-state index >= 15 is 0 Å². The second-order valence-electron chi connectivity index (χ2n) is 12.4. The summed E-state index contributed by atoms with van der Waals surface area (Å²) in [5, 5.41) is 25.5. The first-order valence-electron chi connectivity index (χ1n) is 15.5. The molecule has 1 fully saturated rings. The zero-order valence-electron chi connectivity index (χ0n) is 26.0. The molecule has 0 radical (unpaired) electrons. The molecule has 1 aliphatic carbocycles. The van der Waals surface area contributed by atoms with Gasteiger partial charge in [0.25, 0.3) is 0 Å². The molecule has 11 nitrogen and oxygen atoms in total. The standard InChI is InChI=1S/C36H35N3O8/c1-36(2,35(45)37-25-11-8-21(9-12-25)28-14-15-29(47-28)34(43)44)38-30(40)19-39-27-18-23(33(41)42)10-13-26(27)31(22-6-4-3-5-7-22)32(39)24-16-17-46-20-24/h8-18,20,22H,3-7,19H2,1-2H3,(H,37,45)(H,38,40)(H,41,42)(H,43,44). The molecule has 242 valence electrons. The number of carboxylic acid groups (broad SMARTS) is 2. The van der Waals surface area contributed by atoms with E-state index in [0.717, 1.165) is 47.9 Å². The Balaban J connectivity index is 1.25. The lowest BCUT2D eigenvalue weighted by Crippen LogP contribution is -2.53. The van der Waals surface area contributed by atoms with Gasteiger partial charge in [-0.15, -0.1) is 0 Å². The Labute approximate surface area is 270 Å². The highest BCUT2D eigenvalue weighted by Crippen LogP contribution is 2.44. The maximum Gasteiger partial charge on any atom is 0.371 e. The molecule has 0 atom stereocenters. The number of aromatic carboxylic acids is 2. The highest BCUT2D eigenvalue weighted by molar-refractivity contribution is 6.01. The van der Waals surface area contributed by atoms with Crippen LogP contribution in [0.15, 0.2) is 82.0 Å². The number of furan rings is 2. The molecule has 0 unspecified atom stereocenters. The van der Waals surface area contributed by atoms with Gasteiger partial charge in [0.2, 0.25) is 17.6 Å². The second kappa shape index (κ2) is 12.7. The number of rotatable bonds is 10. The van der Waals surface area contributed by atoms with E-state index in [4.69, 9.17) is 13.9 Å². The molecule has 47 heavy (non-hydrogen) atoms. The molecule has 0 saturated heterocycles. The van der Waals surface area contributed by atoms with Crippen LogP contribution in [-0.2, 0) is 16.1 Å². The maximum absolute atomic E-state index is 13.7. The Bertz CT molecular complexity index is 1960. The molecule has 11 heteroatoms. The fourth-order valence-corrected chi connectivity index (χ4v) is 6.39. The van der Waals surface area contributed by atoms with E-state index in [1.807, 2.05) is 16.7 Å². The highest BCUT2D eigenvalue weighted by atomic mass is 16.4. The number of carbonyl (C=O) groups excluding carboxylic acids is 2. The molecule has 0 spiro atoms. The third-order valence-corrected chi connectivity index (χ3v) is 8.72. The van der Waals surface area contributed by atoms with Crippen molar-refractivity contribution in [1.82, 2.24) is 9.88 Å². The van der Waals surface area contributed by atoms with Gasteiger partial charge in [0, 0.05) is 22.2 Å². The number of carboxylic acids is 2. The average Bonchev–Trinajstić information content (AvgIpc) is 3.81. The fourth-order valence-electron chi connectivity index (χ4n) is 6.39. The summed E-state index contributed by atoms with van der Waals surface area (Å²) in [6.45, 7) is 3.05. The van der Waals surface area contributed by atoms with E-state index in [0.29, 0.717) is 22.5 Å². The van der Waals surface area contributed by atoms with Crippen LogP contribution in [0.3, 0.4) is 0 Å². The predicted octanol–water partition coefficient (Wildman–Crippen LogP) is 7.14. The zero-order valence-corrected chi connectivity index (χ0v) is 26.0. The lowest BCUT2D eigenvalue weighted by atomic mass is 9.82. The summed E-state index contributed by atoms with van der Waals surface area (Å²) in [4.78, 5) is 50.1. The van der Waals surface area contributed by atoms with Crippen molar-refractivity contribution >= 4 is 40.3 Å². The van der Waals surface area contributed by atoms with Gasteiger partial charge in [-0.2, -0.15) is 0 Å². The van der Waals surface area contributed by atoms with Gasteiger partial charge in [0.05, 0.1) is 29.3 Å². The minimum absolute atomic E-state index is 0.116. The molecule has 2 aromatic carbocycles. The van der Waals surface area contributed by atoms with Gasteiger partial charge >= 0.3 is 11.9 Å². The molecular weight excluding hydrogens is 602 g/mol. The van der Waals surface area contributed by atoms with Crippen molar-refractivity contribution in [2.45, 2.75) is 64.0 Å². The number of anilines is 1. The van der Waals surface area contributed by atoms with Crippen LogP contribution < -0.4 is 10.6 Å². The number of nitrogens with zero attached hydrogens (tertiary/aromatic N) is 1. The molecule has 4 N–H and O–H groups in total. The summed E-state index contributed by atoms with van der Waals surface area (Å²) in [5.41, 5.74) is 3.23. The first-order chi connectivity index (χ1) is 22.5. The number of hydrogen-bond acceptors (Lipinski definition) is 6. The molecular formula is C36H35N3O8.